The molecule has 0 radical (unpaired) electrons. The second kappa shape index (κ2) is 17.0. The van der Waals surface area contributed by atoms with E-state index in [-0.39, 0.29) is 43.3 Å². The van der Waals surface area contributed by atoms with Crippen molar-refractivity contribution in [1.29, 1.82) is 0 Å². The number of allylic oxidation sites excluding steroid dienone is 1. The number of hydrogen-bond donors (Lipinski definition) is 1. The van der Waals surface area contributed by atoms with Crippen molar-refractivity contribution in [2.45, 2.75) is 108 Å². The zero-order chi connectivity index (χ0) is 37.6. The molecule has 2 aromatic rings. The van der Waals surface area contributed by atoms with E-state index < -0.39 is 53.7 Å². The van der Waals surface area contributed by atoms with Gasteiger partial charge in [0.25, 0.3) is 0 Å². The lowest BCUT2D eigenvalue weighted by atomic mass is 9.70. The number of fused-ring (bicyclic) bond motifs is 1. The molecule has 3 aliphatic rings. The van der Waals surface area contributed by atoms with Crippen LogP contribution in [0.3, 0.4) is 0 Å². The van der Waals surface area contributed by atoms with E-state index in [2.05, 4.69) is 20.1 Å². The van der Waals surface area contributed by atoms with Crippen molar-refractivity contribution in [3.05, 3.63) is 97.1 Å². The predicted octanol–water partition coefficient (Wildman–Crippen LogP) is 5.27. The number of nitrogens with zero attached hydrogens (tertiary/aromatic N) is 3. The molecule has 0 aliphatic carbocycles. The van der Waals surface area contributed by atoms with E-state index in [1.165, 1.54) is 4.90 Å². The Bertz CT molecular complexity index is 1580. The molecule has 3 amide bonds. The molecule has 10 nitrogen and oxygen atoms in total. The van der Waals surface area contributed by atoms with Crippen LogP contribution in [0.4, 0.5) is 0 Å². The standard InChI is InChI=1S/C42H55N3O7/c1-7-10-22-34(47)43(6)29(5)37(31-20-15-12-16-21-31)51-41(50)35-33-23-24-42(52-33)36(35)39(48)45(32(27-46)26-30-18-13-11-14-19-30)38(42)40(49)44(25-9-3)28(4)17-8-2/h7,9,11-16,18-21,28-29,32-33,35-38,46H,1,3,8,10,17,22-27H2,2,4-6H3/t28?,29-,32+,33-,35+,36+,37+,38-,42+/m0/s1. The summed E-state index contributed by atoms with van der Waals surface area (Å²) in [6.07, 6.45) is 5.55. The van der Waals surface area contributed by atoms with Gasteiger partial charge in [0.15, 0.2) is 0 Å². The summed E-state index contributed by atoms with van der Waals surface area (Å²) in [5.74, 6) is -3.32. The molecule has 9 atom stereocenters. The zero-order valence-corrected chi connectivity index (χ0v) is 31.1. The molecule has 2 aromatic carbocycles. The Morgan fingerprint density at radius 2 is 1.75 bits per heavy atom. The van der Waals surface area contributed by atoms with Gasteiger partial charge in [-0.15, -0.1) is 13.2 Å². The van der Waals surface area contributed by atoms with Gasteiger partial charge >= 0.3 is 5.97 Å². The third-order valence-electron chi connectivity index (χ3n) is 11.4. The van der Waals surface area contributed by atoms with Crippen LogP contribution in [0, 0.1) is 11.8 Å². The van der Waals surface area contributed by atoms with Gasteiger partial charge in [0.1, 0.15) is 17.7 Å². The number of amides is 3. The summed E-state index contributed by atoms with van der Waals surface area (Å²) in [6.45, 7) is 13.4. The summed E-state index contributed by atoms with van der Waals surface area (Å²) < 4.78 is 13.1. The van der Waals surface area contributed by atoms with Crippen LogP contribution in [0.15, 0.2) is 86.0 Å². The first kappa shape index (κ1) is 38.9. The van der Waals surface area contributed by atoms with Crippen LogP contribution >= 0.6 is 0 Å². The van der Waals surface area contributed by atoms with Gasteiger partial charge < -0.3 is 29.3 Å². The van der Waals surface area contributed by atoms with E-state index in [1.54, 1.807) is 29.0 Å². The average molecular weight is 714 g/mol. The highest BCUT2D eigenvalue weighted by Gasteiger charge is 2.75. The molecule has 2 bridgehead atoms. The van der Waals surface area contributed by atoms with Crippen molar-refractivity contribution in [3.8, 4) is 0 Å². The number of carbonyl (C=O) groups is 4. The number of benzene rings is 2. The Balaban J connectivity index is 1.53. The topological polar surface area (TPSA) is 117 Å². The summed E-state index contributed by atoms with van der Waals surface area (Å²) in [7, 11) is 1.69. The number of likely N-dealkylation sites (N-methyl/N-ethyl adjacent to an activating group) is 1. The van der Waals surface area contributed by atoms with Crippen molar-refractivity contribution in [2.24, 2.45) is 11.8 Å². The van der Waals surface area contributed by atoms with Crippen LogP contribution in [-0.2, 0) is 35.1 Å². The molecule has 3 fully saturated rings. The highest BCUT2D eigenvalue weighted by atomic mass is 16.6. The minimum absolute atomic E-state index is 0.107. The maximum Gasteiger partial charge on any atom is 0.313 e. The number of likely N-dealkylation sites (tertiary alicyclic amines) is 1. The number of ether oxygens (including phenoxy) is 2. The van der Waals surface area contributed by atoms with E-state index in [4.69, 9.17) is 9.47 Å². The molecular formula is C42H55N3O7. The molecule has 3 saturated heterocycles. The third-order valence-corrected chi connectivity index (χ3v) is 11.4. The maximum absolute atomic E-state index is 14.9. The molecule has 1 spiro atoms. The Labute approximate surface area is 308 Å². The normalized spacial score (nSPS) is 25.5. The summed E-state index contributed by atoms with van der Waals surface area (Å²) in [5.41, 5.74) is 0.347. The summed E-state index contributed by atoms with van der Waals surface area (Å²) >= 11 is 0. The van der Waals surface area contributed by atoms with Crippen molar-refractivity contribution < 1.29 is 33.8 Å². The van der Waals surface area contributed by atoms with E-state index in [0.29, 0.717) is 31.2 Å². The number of aliphatic hydroxyl groups excluding tert-OH is 1. The molecule has 3 aliphatic heterocycles. The Kier molecular flexibility index (Phi) is 12.8. The fraction of sp³-hybridized carbons (Fsp3) is 0.524. The minimum atomic E-state index is -1.27. The summed E-state index contributed by atoms with van der Waals surface area (Å²) in [5, 5.41) is 10.9. The van der Waals surface area contributed by atoms with Crippen LogP contribution in [0.25, 0.3) is 0 Å². The first-order chi connectivity index (χ1) is 25.0. The fourth-order valence-corrected chi connectivity index (χ4v) is 8.65. The molecule has 5 rings (SSSR count). The molecule has 52 heavy (non-hydrogen) atoms. The summed E-state index contributed by atoms with van der Waals surface area (Å²) in [6, 6.07) is 16.4. The van der Waals surface area contributed by atoms with E-state index in [1.807, 2.05) is 74.5 Å². The Morgan fingerprint density at radius 1 is 1.08 bits per heavy atom. The van der Waals surface area contributed by atoms with Crippen LogP contribution in [-0.4, -0.2) is 99.6 Å². The molecule has 0 aromatic heterocycles. The number of rotatable bonds is 18. The lowest BCUT2D eigenvalue weighted by Crippen LogP contribution is -2.60. The number of hydrogen-bond acceptors (Lipinski definition) is 7. The van der Waals surface area contributed by atoms with Gasteiger partial charge in [-0.05, 0) is 57.1 Å². The predicted molar refractivity (Wildman–Crippen MR) is 199 cm³/mol. The number of aliphatic hydroxyl groups is 1. The monoisotopic (exact) mass is 713 g/mol. The lowest BCUT2D eigenvalue weighted by molar-refractivity contribution is -0.165. The fourth-order valence-electron chi connectivity index (χ4n) is 8.65. The number of esters is 1. The summed E-state index contributed by atoms with van der Waals surface area (Å²) in [4.78, 5) is 62.4. The van der Waals surface area contributed by atoms with Crippen molar-refractivity contribution >= 4 is 23.7 Å². The average Bonchev–Trinajstić information content (AvgIpc) is 3.81. The largest absolute Gasteiger partial charge is 0.455 e. The lowest BCUT2D eigenvalue weighted by Gasteiger charge is -2.41. The van der Waals surface area contributed by atoms with E-state index >= 15 is 0 Å². The second-order valence-electron chi connectivity index (χ2n) is 14.6. The zero-order valence-electron chi connectivity index (χ0n) is 31.1. The second-order valence-corrected chi connectivity index (χ2v) is 14.6. The maximum atomic E-state index is 14.9. The minimum Gasteiger partial charge on any atom is -0.455 e. The molecule has 280 valence electrons. The molecular weight excluding hydrogens is 658 g/mol. The number of carbonyl (C=O) groups excluding carboxylic acids is 4. The van der Waals surface area contributed by atoms with Gasteiger partial charge in [-0.1, -0.05) is 86.2 Å². The van der Waals surface area contributed by atoms with Crippen molar-refractivity contribution in [3.63, 3.8) is 0 Å². The van der Waals surface area contributed by atoms with Crippen molar-refractivity contribution in [2.75, 3.05) is 20.2 Å². The first-order valence-corrected chi connectivity index (χ1v) is 18.7. The highest BCUT2D eigenvalue weighted by molar-refractivity contribution is 5.98. The first-order valence-electron chi connectivity index (χ1n) is 18.7. The van der Waals surface area contributed by atoms with Crippen LogP contribution < -0.4 is 0 Å². The highest BCUT2D eigenvalue weighted by Crippen LogP contribution is 2.59. The van der Waals surface area contributed by atoms with Crippen LogP contribution in [0.2, 0.25) is 0 Å². The Morgan fingerprint density at radius 3 is 2.37 bits per heavy atom. The van der Waals surface area contributed by atoms with Gasteiger partial charge in [-0.3, -0.25) is 19.2 Å². The van der Waals surface area contributed by atoms with Crippen LogP contribution in [0.5, 0.6) is 0 Å². The van der Waals surface area contributed by atoms with Gasteiger partial charge in [-0.25, -0.2) is 0 Å². The molecule has 1 N–H and O–H groups in total. The Hall–Kier alpha value is -4.28. The molecule has 1 unspecified atom stereocenters. The third kappa shape index (κ3) is 7.46. The molecule has 0 saturated carbocycles. The molecule has 3 heterocycles. The van der Waals surface area contributed by atoms with E-state index in [9.17, 15) is 24.3 Å². The molecule has 10 heteroatoms. The van der Waals surface area contributed by atoms with Gasteiger partial charge in [0.05, 0.1) is 36.6 Å². The van der Waals surface area contributed by atoms with E-state index in [0.717, 1.165) is 18.4 Å². The quantitative estimate of drug-likeness (QED) is 0.165. The van der Waals surface area contributed by atoms with Gasteiger partial charge in [0, 0.05) is 26.1 Å². The SMILES string of the molecule is C=CCCC(=O)N(C)[C@@H](C)[C@@H](OC(=O)[C@@H]1[C@@H]2CC[C@]3(O2)[C@H](C(=O)N(CC=C)C(C)CCC)N([C@@H](CO)Cc2ccccc2)C(=O)[C@@H]13)c1ccccc1. The van der Waals surface area contributed by atoms with Gasteiger partial charge in [-0.2, -0.15) is 0 Å². The van der Waals surface area contributed by atoms with Crippen LogP contribution in [0.1, 0.15) is 76.5 Å². The smallest absolute Gasteiger partial charge is 0.313 e. The van der Waals surface area contributed by atoms with Gasteiger partial charge in [0.2, 0.25) is 17.7 Å². The van der Waals surface area contributed by atoms with Crippen molar-refractivity contribution in [1.82, 2.24) is 14.7 Å².